The first-order valence-electron chi connectivity index (χ1n) is 7.55. The van der Waals surface area contributed by atoms with E-state index >= 15 is 0 Å². The molecule has 19 heavy (non-hydrogen) atoms. The summed E-state index contributed by atoms with van der Waals surface area (Å²) < 4.78 is 0. The lowest BCUT2D eigenvalue weighted by Crippen LogP contribution is -2.00. The van der Waals surface area contributed by atoms with E-state index in [0.717, 1.165) is 12.8 Å². The van der Waals surface area contributed by atoms with Crippen LogP contribution in [-0.4, -0.2) is 34.0 Å². The monoisotopic (exact) mass is 276 g/mol. The molecule has 0 radical (unpaired) electrons. The smallest absolute Gasteiger partial charge is 0.303 e. The van der Waals surface area contributed by atoms with E-state index in [4.69, 9.17) is 15.3 Å². The molecule has 1 atom stereocenters. The van der Waals surface area contributed by atoms with Crippen LogP contribution in [0.25, 0.3) is 0 Å². The van der Waals surface area contributed by atoms with E-state index in [9.17, 15) is 4.79 Å². The lowest BCUT2D eigenvalue weighted by Gasteiger charge is -1.99. The quantitative estimate of drug-likeness (QED) is 0.506. The first-order chi connectivity index (χ1) is 9.04. The van der Waals surface area contributed by atoms with E-state index in [1.54, 1.807) is 6.92 Å². The second kappa shape index (κ2) is 17.4. The van der Waals surface area contributed by atoms with Crippen molar-refractivity contribution in [1.82, 2.24) is 0 Å². The fourth-order valence-electron chi connectivity index (χ4n) is 1.60. The molecule has 0 bridgehead atoms. The lowest BCUT2D eigenvalue weighted by molar-refractivity contribution is -0.137. The van der Waals surface area contributed by atoms with Crippen LogP contribution in [0.5, 0.6) is 0 Å². The van der Waals surface area contributed by atoms with Crippen molar-refractivity contribution < 1.29 is 20.1 Å². The Labute approximate surface area is 117 Å². The van der Waals surface area contributed by atoms with Crippen LogP contribution in [0, 0.1) is 0 Å². The van der Waals surface area contributed by atoms with Gasteiger partial charge < -0.3 is 15.3 Å². The normalized spacial score (nSPS) is 11.6. The fourth-order valence-corrected chi connectivity index (χ4v) is 1.60. The van der Waals surface area contributed by atoms with Gasteiger partial charge in [-0.3, -0.25) is 4.79 Å². The highest BCUT2D eigenvalue weighted by Crippen LogP contribution is 2.09. The minimum atomic E-state index is -0.661. The Bertz CT molecular complexity index is 181. The molecule has 0 spiro atoms. The molecule has 0 heterocycles. The summed E-state index contributed by atoms with van der Waals surface area (Å²) in [6, 6.07) is 0. The maximum atomic E-state index is 10.2. The Balaban J connectivity index is 0. The van der Waals surface area contributed by atoms with Crippen molar-refractivity contribution in [3.63, 3.8) is 0 Å². The number of carboxylic acids is 1. The van der Waals surface area contributed by atoms with Crippen LogP contribution in [-0.2, 0) is 4.79 Å². The molecule has 0 aliphatic carbocycles. The van der Waals surface area contributed by atoms with Gasteiger partial charge in [0.1, 0.15) is 0 Å². The third-order valence-electron chi connectivity index (χ3n) is 2.79. The summed E-state index contributed by atoms with van der Waals surface area (Å²) in [6.45, 7) is 3.95. The van der Waals surface area contributed by atoms with Crippen LogP contribution in [0.15, 0.2) is 0 Å². The lowest BCUT2D eigenvalue weighted by atomic mass is 10.1. The average molecular weight is 276 g/mol. The van der Waals surface area contributed by atoms with Crippen molar-refractivity contribution >= 4 is 5.97 Å². The number of aliphatic hydroxyl groups is 2. The third kappa shape index (κ3) is 26.8. The number of hydrogen-bond donors (Lipinski definition) is 3. The summed E-state index contributed by atoms with van der Waals surface area (Å²) in [5, 5.41) is 24.9. The third-order valence-corrected chi connectivity index (χ3v) is 2.79. The van der Waals surface area contributed by atoms with E-state index in [-0.39, 0.29) is 12.7 Å². The molecule has 3 N–H and O–H groups in total. The SMILES string of the molecule is CC(O)CCO.CCCCCCCCCCC(=O)O. The van der Waals surface area contributed by atoms with Crippen molar-refractivity contribution in [1.29, 1.82) is 0 Å². The van der Waals surface area contributed by atoms with Gasteiger partial charge in [-0.15, -0.1) is 0 Å². The molecule has 0 fully saturated rings. The predicted octanol–water partition coefficient (Wildman–Crippen LogP) is 3.35. The van der Waals surface area contributed by atoms with Gasteiger partial charge in [-0.1, -0.05) is 51.9 Å². The van der Waals surface area contributed by atoms with Crippen molar-refractivity contribution in [2.24, 2.45) is 0 Å². The Morgan fingerprint density at radius 1 is 1.00 bits per heavy atom. The van der Waals surface area contributed by atoms with Gasteiger partial charge in [-0.05, 0) is 19.8 Å². The Kier molecular flexibility index (Phi) is 18.9. The van der Waals surface area contributed by atoms with Crippen LogP contribution in [0.4, 0.5) is 0 Å². The fraction of sp³-hybridized carbons (Fsp3) is 0.933. The first-order valence-corrected chi connectivity index (χ1v) is 7.55. The number of rotatable bonds is 11. The average Bonchev–Trinajstić information content (AvgIpc) is 2.33. The van der Waals surface area contributed by atoms with Crippen LogP contribution in [0.3, 0.4) is 0 Å². The molecule has 0 aromatic carbocycles. The molecule has 0 saturated heterocycles. The number of carboxylic acid groups (broad SMARTS) is 1. The molecule has 0 saturated carbocycles. The summed E-state index contributed by atoms with van der Waals surface area (Å²) >= 11 is 0. The van der Waals surface area contributed by atoms with Gasteiger partial charge in [-0.25, -0.2) is 0 Å². The van der Waals surface area contributed by atoms with Gasteiger partial charge >= 0.3 is 5.97 Å². The van der Waals surface area contributed by atoms with Gasteiger partial charge in [0.2, 0.25) is 0 Å². The highest BCUT2D eigenvalue weighted by molar-refractivity contribution is 5.66. The second-order valence-electron chi connectivity index (χ2n) is 4.98. The van der Waals surface area contributed by atoms with Gasteiger partial charge in [0, 0.05) is 13.0 Å². The minimum Gasteiger partial charge on any atom is -0.481 e. The van der Waals surface area contributed by atoms with Gasteiger partial charge in [-0.2, -0.15) is 0 Å². The van der Waals surface area contributed by atoms with E-state index < -0.39 is 5.97 Å². The number of unbranched alkanes of at least 4 members (excludes halogenated alkanes) is 7. The van der Waals surface area contributed by atoms with Crippen molar-refractivity contribution in [3.8, 4) is 0 Å². The number of aliphatic hydroxyl groups excluding tert-OH is 2. The van der Waals surface area contributed by atoms with Crippen molar-refractivity contribution in [2.45, 2.75) is 84.2 Å². The molecule has 116 valence electrons. The molecule has 0 aromatic rings. The summed E-state index contributed by atoms with van der Waals surface area (Å²) in [5.74, 6) is -0.661. The van der Waals surface area contributed by atoms with Crippen molar-refractivity contribution in [3.05, 3.63) is 0 Å². The number of carbonyl (C=O) groups is 1. The summed E-state index contributed by atoms with van der Waals surface area (Å²) in [4.78, 5) is 10.2. The number of aliphatic carboxylic acids is 1. The first kappa shape index (κ1) is 20.7. The molecular weight excluding hydrogens is 244 g/mol. The molecule has 0 aliphatic rings. The second-order valence-corrected chi connectivity index (χ2v) is 4.98. The topological polar surface area (TPSA) is 77.8 Å². The maximum Gasteiger partial charge on any atom is 0.303 e. The summed E-state index contributed by atoms with van der Waals surface area (Å²) in [5.41, 5.74) is 0. The standard InChI is InChI=1S/C11H22O2.C4H10O2/c1-2-3-4-5-6-7-8-9-10-11(12)13;1-4(6)2-3-5/h2-10H2,1H3,(H,12,13);4-6H,2-3H2,1H3. The van der Waals surface area contributed by atoms with Gasteiger partial charge in [0.25, 0.3) is 0 Å². The molecule has 4 nitrogen and oxygen atoms in total. The largest absolute Gasteiger partial charge is 0.481 e. The molecule has 0 amide bonds. The highest BCUT2D eigenvalue weighted by Gasteiger charge is 1.96. The molecule has 4 heteroatoms. The van der Waals surface area contributed by atoms with Crippen LogP contribution < -0.4 is 0 Å². The Morgan fingerprint density at radius 3 is 1.79 bits per heavy atom. The predicted molar refractivity (Wildman–Crippen MR) is 78.2 cm³/mol. The molecule has 0 rings (SSSR count). The van der Waals surface area contributed by atoms with Gasteiger partial charge in [0.05, 0.1) is 6.10 Å². The van der Waals surface area contributed by atoms with E-state index in [2.05, 4.69) is 6.92 Å². The Hall–Kier alpha value is -0.610. The van der Waals surface area contributed by atoms with E-state index in [0.29, 0.717) is 12.8 Å². The molecule has 0 aliphatic heterocycles. The zero-order chi connectivity index (χ0) is 14.9. The minimum absolute atomic E-state index is 0.0810. The van der Waals surface area contributed by atoms with Crippen molar-refractivity contribution in [2.75, 3.05) is 6.61 Å². The summed E-state index contributed by atoms with van der Waals surface area (Å²) in [7, 11) is 0. The zero-order valence-corrected chi connectivity index (χ0v) is 12.6. The van der Waals surface area contributed by atoms with Crippen LogP contribution in [0.2, 0.25) is 0 Å². The highest BCUT2D eigenvalue weighted by atomic mass is 16.4. The molecule has 1 unspecified atom stereocenters. The van der Waals surface area contributed by atoms with Gasteiger partial charge in [0.15, 0.2) is 0 Å². The number of hydrogen-bond acceptors (Lipinski definition) is 3. The Morgan fingerprint density at radius 2 is 1.47 bits per heavy atom. The zero-order valence-electron chi connectivity index (χ0n) is 12.6. The van der Waals surface area contributed by atoms with Crippen LogP contribution >= 0.6 is 0 Å². The maximum absolute atomic E-state index is 10.2. The van der Waals surface area contributed by atoms with Crippen LogP contribution in [0.1, 0.15) is 78.1 Å². The van der Waals surface area contributed by atoms with E-state index in [1.165, 1.54) is 38.5 Å². The molecular formula is C15H32O4. The summed E-state index contributed by atoms with van der Waals surface area (Å²) in [6.07, 6.45) is 10.2. The molecule has 0 aromatic heterocycles. The van der Waals surface area contributed by atoms with E-state index in [1.807, 2.05) is 0 Å².